The van der Waals surface area contributed by atoms with Gasteiger partial charge in [0.25, 0.3) is 5.91 Å². The van der Waals surface area contributed by atoms with Crippen molar-refractivity contribution in [2.45, 2.75) is 12.3 Å². The molecule has 4 rings (SSSR count). The Morgan fingerprint density at radius 2 is 1.64 bits per heavy atom. The maximum Gasteiger partial charge on any atom is 0.490 e. The van der Waals surface area contributed by atoms with Crippen molar-refractivity contribution in [3.8, 4) is 22.6 Å². The number of alkyl halides is 3. The van der Waals surface area contributed by atoms with Crippen LogP contribution in [0.25, 0.3) is 11.1 Å². The molecule has 2 N–H and O–H groups in total. The van der Waals surface area contributed by atoms with Crippen molar-refractivity contribution in [3.05, 3.63) is 72.8 Å². The van der Waals surface area contributed by atoms with Gasteiger partial charge in [0.15, 0.2) is 11.5 Å². The van der Waals surface area contributed by atoms with Crippen molar-refractivity contribution >= 4 is 17.6 Å². The summed E-state index contributed by atoms with van der Waals surface area (Å²) in [6.07, 6.45) is -2.65. The lowest BCUT2D eigenvalue weighted by Gasteiger charge is -2.25. The molecule has 7 nitrogen and oxygen atoms in total. The average Bonchev–Trinajstić information content (AvgIpc) is 2.80. The molecular formula is C22H16F4N2O5. The first kappa shape index (κ1) is 23.5. The summed E-state index contributed by atoms with van der Waals surface area (Å²) in [5.41, 5.74) is 1.64. The van der Waals surface area contributed by atoms with Crippen molar-refractivity contribution < 1.29 is 41.7 Å². The molecule has 1 aromatic heterocycles. The quantitative estimate of drug-likeness (QED) is 0.561. The molecule has 1 atom stereocenters. The van der Waals surface area contributed by atoms with Crippen molar-refractivity contribution in [3.63, 3.8) is 0 Å². The van der Waals surface area contributed by atoms with E-state index in [0.717, 1.165) is 5.56 Å². The van der Waals surface area contributed by atoms with E-state index >= 15 is 0 Å². The van der Waals surface area contributed by atoms with E-state index < -0.39 is 30.0 Å². The molecule has 33 heavy (non-hydrogen) atoms. The number of halogens is 4. The SMILES string of the molecule is O=C(Nc1ccc(-c2ccncc2)cc1F)[C@H]1COc2ccccc2O1.O=C(O)C(F)(F)F. The molecule has 2 heterocycles. The van der Waals surface area contributed by atoms with Gasteiger partial charge in [0.2, 0.25) is 6.10 Å². The molecule has 0 saturated carbocycles. The van der Waals surface area contributed by atoms with E-state index in [1.165, 1.54) is 12.1 Å². The maximum absolute atomic E-state index is 14.4. The molecule has 0 fully saturated rings. The summed E-state index contributed by atoms with van der Waals surface area (Å²) in [5, 5.41) is 9.68. The highest BCUT2D eigenvalue weighted by Crippen LogP contribution is 2.31. The van der Waals surface area contributed by atoms with Crippen LogP contribution in [0.1, 0.15) is 0 Å². The molecule has 0 saturated heterocycles. The van der Waals surface area contributed by atoms with Crippen molar-refractivity contribution in [1.82, 2.24) is 4.98 Å². The van der Waals surface area contributed by atoms with Gasteiger partial charge in [-0.15, -0.1) is 0 Å². The highest BCUT2D eigenvalue weighted by molar-refractivity contribution is 5.95. The van der Waals surface area contributed by atoms with Crippen LogP contribution in [0.15, 0.2) is 67.0 Å². The van der Waals surface area contributed by atoms with E-state index in [0.29, 0.717) is 17.1 Å². The number of carboxylic acid groups (broad SMARTS) is 1. The van der Waals surface area contributed by atoms with Crippen LogP contribution in [-0.2, 0) is 9.59 Å². The lowest BCUT2D eigenvalue weighted by Crippen LogP contribution is -2.40. The van der Waals surface area contributed by atoms with Crippen LogP contribution >= 0.6 is 0 Å². The predicted octanol–water partition coefficient (Wildman–Crippen LogP) is 4.30. The van der Waals surface area contributed by atoms with E-state index in [-0.39, 0.29) is 12.3 Å². The van der Waals surface area contributed by atoms with E-state index in [1.54, 1.807) is 48.8 Å². The Labute approximate surface area is 184 Å². The minimum atomic E-state index is -5.08. The summed E-state index contributed by atoms with van der Waals surface area (Å²) in [6, 6.07) is 15.3. The monoisotopic (exact) mass is 464 g/mol. The van der Waals surface area contributed by atoms with Gasteiger partial charge in [0.1, 0.15) is 12.4 Å². The van der Waals surface area contributed by atoms with Crippen molar-refractivity contribution in [2.24, 2.45) is 0 Å². The van der Waals surface area contributed by atoms with Crippen LogP contribution in [0, 0.1) is 5.82 Å². The smallest absolute Gasteiger partial charge is 0.485 e. The number of para-hydroxylation sites is 2. The molecule has 1 amide bonds. The van der Waals surface area contributed by atoms with Crippen LogP contribution in [0.2, 0.25) is 0 Å². The summed E-state index contributed by atoms with van der Waals surface area (Å²) in [5.74, 6) is -2.66. The number of nitrogens with one attached hydrogen (secondary N) is 1. The minimum Gasteiger partial charge on any atom is -0.485 e. The molecule has 11 heteroatoms. The standard InChI is InChI=1S/C20H15FN2O3.C2HF3O2/c21-15-11-14(13-7-9-22-10-8-13)5-6-16(15)23-20(24)19-12-25-17-3-1-2-4-18(17)26-19;3-2(4,5)1(6)7/h1-11,19H,12H2,(H,23,24);(H,6,7)/t19-;/m1./s1. The van der Waals surface area contributed by atoms with Crippen LogP contribution in [0.5, 0.6) is 11.5 Å². The largest absolute Gasteiger partial charge is 0.490 e. The number of fused-ring (bicyclic) bond motifs is 1. The molecule has 0 bridgehead atoms. The molecule has 0 spiro atoms. The number of hydrogen-bond acceptors (Lipinski definition) is 5. The van der Waals surface area contributed by atoms with Gasteiger partial charge >= 0.3 is 12.1 Å². The maximum atomic E-state index is 14.4. The summed E-state index contributed by atoms with van der Waals surface area (Å²) >= 11 is 0. The van der Waals surface area contributed by atoms with Gasteiger partial charge in [0, 0.05) is 12.4 Å². The fraction of sp³-hybridized carbons (Fsp3) is 0.136. The van der Waals surface area contributed by atoms with Gasteiger partial charge < -0.3 is 19.9 Å². The number of carbonyl (C=O) groups excluding carboxylic acids is 1. The summed E-state index contributed by atoms with van der Waals surface area (Å²) in [6.45, 7) is 0.0690. The first-order valence-corrected chi connectivity index (χ1v) is 9.34. The fourth-order valence-corrected chi connectivity index (χ4v) is 2.70. The second-order valence-corrected chi connectivity index (χ2v) is 6.59. The van der Waals surface area contributed by atoms with Crippen molar-refractivity contribution in [2.75, 3.05) is 11.9 Å². The molecule has 3 aromatic rings. The number of carboxylic acids is 1. The number of pyridine rings is 1. The number of benzene rings is 2. The number of carbonyl (C=O) groups is 2. The van der Waals surface area contributed by atoms with Crippen LogP contribution < -0.4 is 14.8 Å². The van der Waals surface area contributed by atoms with Gasteiger partial charge in [0.05, 0.1) is 5.69 Å². The number of aromatic nitrogens is 1. The lowest BCUT2D eigenvalue weighted by atomic mass is 10.1. The van der Waals surface area contributed by atoms with E-state index in [1.807, 2.05) is 6.07 Å². The number of rotatable bonds is 3. The summed E-state index contributed by atoms with van der Waals surface area (Å²) < 4.78 is 57.3. The number of amides is 1. The number of nitrogens with zero attached hydrogens (tertiary/aromatic N) is 1. The summed E-state index contributed by atoms with van der Waals surface area (Å²) in [4.78, 5) is 25.2. The Kier molecular flexibility index (Phi) is 7.11. The second-order valence-electron chi connectivity index (χ2n) is 6.59. The van der Waals surface area contributed by atoms with E-state index in [2.05, 4.69) is 10.3 Å². The van der Waals surface area contributed by atoms with Gasteiger partial charge in [-0.25, -0.2) is 9.18 Å². The number of hydrogen-bond donors (Lipinski definition) is 2. The number of aliphatic carboxylic acids is 1. The third-order valence-corrected chi connectivity index (χ3v) is 4.28. The predicted molar refractivity (Wildman–Crippen MR) is 108 cm³/mol. The van der Waals surface area contributed by atoms with Gasteiger partial charge in [-0.05, 0) is 47.5 Å². The van der Waals surface area contributed by atoms with Crippen molar-refractivity contribution in [1.29, 1.82) is 0 Å². The van der Waals surface area contributed by atoms with E-state index in [4.69, 9.17) is 19.4 Å². The molecule has 0 unspecified atom stereocenters. The highest BCUT2D eigenvalue weighted by atomic mass is 19.4. The topological polar surface area (TPSA) is 97.8 Å². The average molecular weight is 464 g/mol. The highest BCUT2D eigenvalue weighted by Gasteiger charge is 2.38. The first-order chi connectivity index (χ1) is 15.6. The molecule has 1 aliphatic rings. The normalized spacial score (nSPS) is 14.5. The Hall–Kier alpha value is -4.15. The Morgan fingerprint density at radius 3 is 2.24 bits per heavy atom. The van der Waals surface area contributed by atoms with Gasteiger partial charge in [-0.3, -0.25) is 9.78 Å². The molecule has 0 aliphatic carbocycles. The minimum absolute atomic E-state index is 0.0690. The first-order valence-electron chi connectivity index (χ1n) is 9.34. The van der Waals surface area contributed by atoms with Crippen LogP contribution in [0.3, 0.4) is 0 Å². The Bertz CT molecular complexity index is 1140. The molecular weight excluding hydrogens is 448 g/mol. The van der Waals surface area contributed by atoms with E-state index in [9.17, 15) is 22.4 Å². The zero-order valence-corrected chi connectivity index (χ0v) is 16.7. The number of ether oxygens (including phenoxy) is 2. The van der Waals surface area contributed by atoms with Crippen LogP contribution in [-0.4, -0.2) is 40.9 Å². The third kappa shape index (κ3) is 6.19. The Balaban J connectivity index is 0.000000383. The molecule has 1 aliphatic heterocycles. The van der Waals surface area contributed by atoms with Gasteiger partial charge in [-0.1, -0.05) is 18.2 Å². The molecule has 2 aromatic carbocycles. The third-order valence-electron chi connectivity index (χ3n) is 4.28. The number of anilines is 1. The molecule has 172 valence electrons. The zero-order valence-electron chi connectivity index (χ0n) is 16.7. The Morgan fingerprint density at radius 1 is 1.00 bits per heavy atom. The van der Waals surface area contributed by atoms with Crippen LogP contribution in [0.4, 0.5) is 23.2 Å². The zero-order chi connectivity index (χ0) is 24.0. The fourth-order valence-electron chi connectivity index (χ4n) is 2.70. The lowest BCUT2D eigenvalue weighted by molar-refractivity contribution is -0.192. The second kappa shape index (κ2) is 9.98. The summed E-state index contributed by atoms with van der Waals surface area (Å²) in [7, 11) is 0. The molecule has 0 radical (unpaired) electrons. The van der Waals surface area contributed by atoms with Gasteiger partial charge in [-0.2, -0.15) is 13.2 Å².